The molecule has 1 saturated heterocycles. The summed E-state index contributed by atoms with van der Waals surface area (Å²) in [6, 6.07) is 15.0. The predicted molar refractivity (Wildman–Crippen MR) is 113 cm³/mol. The van der Waals surface area contributed by atoms with E-state index < -0.39 is 24.9 Å². The van der Waals surface area contributed by atoms with Gasteiger partial charge in [0.25, 0.3) is 5.92 Å². The standard InChI is InChI=1S/C20H20F2N4O.2ClH/c21-20(22)9-17(24-12-20)19(27)23-10-14-5-7-15(8-6-14)11-26-13-25-16-3-1-2-4-18(16)26;;/h1-8,13,17,24H,9-12H2,(H,23,27);2*1H. The van der Waals surface area contributed by atoms with Crippen LogP contribution >= 0.6 is 24.8 Å². The first kappa shape index (κ1) is 23.1. The number of nitrogens with zero attached hydrogens (tertiary/aromatic N) is 2. The number of halogens is 4. The van der Waals surface area contributed by atoms with Crippen LogP contribution in [0.5, 0.6) is 0 Å². The van der Waals surface area contributed by atoms with Gasteiger partial charge in [0, 0.05) is 19.5 Å². The molecule has 0 aliphatic carbocycles. The SMILES string of the molecule is Cl.Cl.O=C(NCc1ccc(Cn2cnc3ccccc32)cc1)C1CC(F)(F)CN1. The van der Waals surface area contributed by atoms with Gasteiger partial charge in [0.05, 0.1) is 29.9 Å². The second-order valence-electron chi connectivity index (χ2n) is 6.89. The predicted octanol–water partition coefficient (Wildman–Crippen LogP) is 3.54. The van der Waals surface area contributed by atoms with Crippen LogP contribution in [0.3, 0.4) is 0 Å². The maximum atomic E-state index is 13.2. The van der Waals surface area contributed by atoms with Crippen molar-refractivity contribution in [3.8, 4) is 0 Å². The molecule has 29 heavy (non-hydrogen) atoms. The Morgan fingerprint density at radius 1 is 1.14 bits per heavy atom. The number of para-hydroxylation sites is 2. The smallest absolute Gasteiger partial charge is 0.262 e. The molecule has 1 atom stereocenters. The highest BCUT2D eigenvalue weighted by atomic mass is 35.5. The number of benzene rings is 2. The summed E-state index contributed by atoms with van der Waals surface area (Å²) < 4.78 is 28.4. The summed E-state index contributed by atoms with van der Waals surface area (Å²) in [4.78, 5) is 16.4. The van der Waals surface area contributed by atoms with Gasteiger partial charge >= 0.3 is 0 Å². The lowest BCUT2D eigenvalue weighted by Gasteiger charge is -2.12. The van der Waals surface area contributed by atoms with Crippen LogP contribution in [0.1, 0.15) is 17.5 Å². The molecule has 1 aromatic heterocycles. The van der Waals surface area contributed by atoms with Crippen LogP contribution in [-0.4, -0.2) is 34.0 Å². The fourth-order valence-corrected chi connectivity index (χ4v) is 3.31. The molecule has 3 aromatic rings. The Hall–Kier alpha value is -2.22. The van der Waals surface area contributed by atoms with E-state index in [1.54, 1.807) is 0 Å². The lowest BCUT2D eigenvalue weighted by atomic mass is 10.1. The van der Waals surface area contributed by atoms with Gasteiger partial charge in [-0.3, -0.25) is 10.1 Å². The molecular weight excluding hydrogens is 421 g/mol. The van der Waals surface area contributed by atoms with E-state index in [9.17, 15) is 13.6 Å². The molecule has 0 saturated carbocycles. The average Bonchev–Trinajstić information content (AvgIpc) is 3.24. The van der Waals surface area contributed by atoms with E-state index in [1.165, 1.54) is 0 Å². The number of alkyl halides is 2. The van der Waals surface area contributed by atoms with Gasteiger partial charge < -0.3 is 9.88 Å². The molecule has 5 nitrogen and oxygen atoms in total. The summed E-state index contributed by atoms with van der Waals surface area (Å²) in [5.74, 6) is -3.19. The number of amides is 1. The van der Waals surface area contributed by atoms with Gasteiger partial charge in [-0.1, -0.05) is 36.4 Å². The third-order valence-corrected chi connectivity index (χ3v) is 4.80. The van der Waals surface area contributed by atoms with Crippen LogP contribution in [0.15, 0.2) is 54.9 Å². The monoisotopic (exact) mass is 442 g/mol. The van der Waals surface area contributed by atoms with Crippen molar-refractivity contribution in [1.82, 2.24) is 20.2 Å². The number of rotatable bonds is 5. The lowest BCUT2D eigenvalue weighted by molar-refractivity contribution is -0.123. The molecule has 2 N–H and O–H groups in total. The number of carbonyl (C=O) groups excluding carboxylic acids is 1. The number of hydrogen-bond donors (Lipinski definition) is 2. The quantitative estimate of drug-likeness (QED) is 0.635. The highest BCUT2D eigenvalue weighted by Crippen LogP contribution is 2.25. The Bertz CT molecular complexity index is 963. The van der Waals surface area contributed by atoms with Crippen molar-refractivity contribution in [3.63, 3.8) is 0 Å². The second-order valence-corrected chi connectivity index (χ2v) is 6.89. The van der Waals surface area contributed by atoms with Crippen LogP contribution < -0.4 is 10.6 Å². The number of carbonyl (C=O) groups is 1. The van der Waals surface area contributed by atoms with Crippen LogP contribution in [0.4, 0.5) is 8.78 Å². The van der Waals surface area contributed by atoms with Crippen LogP contribution in [0, 0.1) is 0 Å². The van der Waals surface area contributed by atoms with Gasteiger partial charge in [0.2, 0.25) is 5.91 Å². The van der Waals surface area contributed by atoms with Crippen molar-refractivity contribution in [2.24, 2.45) is 0 Å². The summed E-state index contributed by atoms with van der Waals surface area (Å²) in [6.07, 6.45) is 1.37. The fourth-order valence-electron chi connectivity index (χ4n) is 3.31. The summed E-state index contributed by atoms with van der Waals surface area (Å²) >= 11 is 0. The normalized spacial score (nSPS) is 17.4. The minimum absolute atomic E-state index is 0. The first-order chi connectivity index (χ1) is 13.0. The first-order valence-electron chi connectivity index (χ1n) is 8.87. The maximum Gasteiger partial charge on any atom is 0.262 e. The number of imidazole rings is 1. The molecule has 156 valence electrons. The number of nitrogens with one attached hydrogen (secondary N) is 2. The highest BCUT2D eigenvalue weighted by molar-refractivity contribution is 5.85. The Balaban J connectivity index is 0.00000150. The molecule has 1 fully saturated rings. The molecule has 0 radical (unpaired) electrons. The Labute approximate surface area is 179 Å². The molecule has 0 spiro atoms. The zero-order valence-corrected chi connectivity index (χ0v) is 17.1. The van der Waals surface area contributed by atoms with Crippen molar-refractivity contribution in [3.05, 3.63) is 66.0 Å². The molecule has 0 bridgehead atoms. The molecule has 4 rings (SSSR count). The van der Waals surface area contributed by atoms with Crippen molar-refractivity contribution >= 4 is 41.8 Å². The van der Waals surface area contributed by atoms with Crippen LogP contribution in [0.2, 0.25) is 0 Å². The van der Waals surface area contributed by atoms with Gasteiger partial charge in [-0.05, 0) is 23.3 Å². The van der Waals surface area contributed by atoms with Crippen LogP contribution in [-0.2, 0) is 17.9 Å². The van der Waals surface area contributed by atoms with E-state index in [1.807, 2.05) is 54.9 Å². The Kier molecular flexibility index (Phi) is 7.57. The zero-order valence-electron chi connectivity index (χ0n) is 15.5. The minimum Gasteiger partial charge on any atom is -0.351 e. The topological polar surface area (TPSA) is 59.0 Å². The molecule has 1 unspecified atom stereocenters. The van der Waals surface area contributed by atoms with E-state index in [2.05, 4.69) is 20.2 Å². The summed E-state index contributed by atoms with van der Waals surface area (Å²) in [6.45, 7) is 0.577. The summed E-state index contributed by atoms with van der Waals surface area (Å²) in [7, 11) is 0. The molecule has 1 aliphatic heterocycles. The van der Waals surface area contributed by atoms with Crippen molar-refractivity contribution in [1.29, 1.82) is 0 Å². The third-order valence-electron chi connectivity index (χ3n) is 4.80. The van der Waals surface area contributed by atoms with E-state index >= 15 is 0 Å². The molecule has 9 heteroatoms. The minimum atomic E-state index is -2.80. The molecule has 2 aromatic carbocycles. The summed E-state index contributed by atoms with van der Waals surface area (Å²) in [5.41, 5.74) is 4.08. The van der Waals surface area contributed by atoms with Gasteiger partial charge in [-0.25, -0.2) is 13.8 Å². The van der Waals surface area contributed by atoms with Gasteiger partial charge in [-0.15, -0.1) is 24.8 Å². The fraction of sp³-hybridized carbons (Fsp3) is 0.300. The average molecular weight is 443 g/mol. The second kappa shape index (κ2) is 9.52. The van der Waals surface area contributed by atoms with Crippen molar-refractivity contribution in [2.75, 3.05) is 6.54 Å². The zero-order chi connectivity index (χ0) is 18.9. The first-order valence-corrected chi connectivity index (χ1v) is 8.87. The van der Waals surface area contributed by atoms with Gasteiger partial charge in [0.1, 0.15) is 0 Å². The van der Waals surface area contributed by atoms with E-state index in [-0.39, 0.29) is 30.7 Å². The number of hydrogen-bond acceptors (Lipinski definition) is 3. The van der Waals surface area contributed by atoms with E-state index in [0.29, 0.717) is 13.1 Å². The largest absolute Gasteiger partial charge is 0.351 e. The van der Waals surface area contributed by atoms with Crippen molar-refractivity contribution in [2.45, 2.75) is 31.5 Å². The third kappa shape index (κ3) is 5.44. The molecule has 2 heterocycles. The van der Waals surface area contributed by atoms with Crippen LogP contribution in [0.25, 0.3) is 11.0 Å². The van der Waals surface area contributed by atoms with E-state index in [4.69, 9.17) is 0 Å². The maximum absolute atomic E-state index is 13.2. The number of aromatic nitrogens is 2. The van der Waals surface area contributed by atoms with Gasteiger partial charge in [0.15, 0.2) is 0 Å². The Morgan fingerprint density at radius 2 is 1.83 bits per heavy atom. The van der Waals surface area contributed by atoms with Gasteiger partial charge in [-0.2, -0.15) is 0 Å². The van der Waals surface area contributed by atoms with Crippen molar-refractivity contribution < 1.29 is 13.6 Å². The van der Waals surface area contributed by atoms with E-state index in [0.717, 1.165) is 22.2 Å². The number of fused-ring (bicyclic) bond motifs is 1. The molecular formula is C20H22Cl2F2N4O. The Morgan fingerprint density at radius 3 is 2.52 bits per heavy atom. The summed E-state index contributed by atoms with van der Waals surface area (Å²) in [5, 5.41) is 5.28. The lowest BCUT2D eigenvalue weighted by Crippen LogP contribution is -2.40. The molecule has 1 aliphatic rings. The highest BCUT2D eigenvalue weighted by Gasteiger charge is 2.42. The molecule has 1 amide bonds.